The molecule has 1 saturated carbocycles. The summed E-state index contributed by atoms with van der Waals surface area (Å²) in [4.78, 5) is 16.7. The van der Waals surface area contributed by atoms with Gasteiger partial charge in [0.15, 0.2) is 0 Å². The summed E-state index contributed by atoms with van der Waals surface area (Å²) in [7, 11) is 1.99. The van der Waals surface area contributed by atoms with Gasteiger partial charge in [0.05, 0.1) is 0 Å². The molecule has 1 unspecified atom stereocenters. The lowest BCUT2D eigenvalue weighted by Crippen LogP contribution is -2.48. The molecule has 3 nitrogen and oxygen atoms in total. The molecule has 1 heterocycles. The van der Waals surface area contributed by atoms with Crippen molar-refractivity contribution in [3.63, 3.8) is 0 Å². The average Bonchev–Trinajstić information content (AvgIpc) is 3.33. The highest BCUT2D eigenvalue weighted by Gasteiger charge is 2.35. The quantitative estimate of drug-likeness (QED) is 0.831. The first-order chi connectivity index (χ1) is 10.1. The average molecular weight is 351 g/mol. The van der Waals surface area contributed by atoms with E-state index in [4.69, 9.17) is 0 Å². The largest absolute Gasteiger partial charge is 0.341 e. The molecule has 114 valence electrons. The fourth-order valence-corrected chi connectivity index (χ4v) is 3.40. The molecule has 0 spiro atoms. The van der Waals surface area contributed by atoms with Crippen molar-refractivity contribution in [1.29, 1.82) is 0 Å². The number of carbonyl (C=O) groups is 1. The fourth-order valence-electron chi connectivity index (χ4n) is 3.14. The Morgan fingerprint density at radius 2 is 2.00 bits per heavy atom. The van der Waals surface area contributed by atoms with Crippen LogP contribution in [-0.2, 0) is 11.3 Å². The van der Waals surface area contributed by atoms with Crippen molar-refractivity contribution in [3.05, 3.63) is 34.3 Å². The van der Waals surface area contributed by atoms with Gasteiger partial charge in [-0.05, 0) is 49.9 Å². The minimum Gasteiger partial charge on any atom is -0.341 e. The Kier molecular flexibility index (Phi) is 4.65. The van der Waals surface area contributed by atoms with E-state index in [2.05, 4.69) is 45.1 Å². The number of halogens is 1. The van der Waals surface area contributed by atoms with Crippen LogP contribution in [0.1, 0.15) is 31.2 Å². The van der Waals surface area contributed by atoms with Crippen molar-refractivity contribution in [1.82, 2.24) is 9.80 Å². The van der Waals surface area contributed by atoms with Crippen molar-refractivity contribution < 1.29 is 4.79 Å². The van der Waals surface area contributed by atoms with Gasteiger partial charge in [0, 0.05) is 36.6 Å². The fraction of sp³-hybridized carbons (Fsp3) is 0.588. The Bertz CT molecular complexity index is 498. The van der Waals surface area contributed by atoms with Crippen LogP contribution in [0.3, 0.4) is 0 Å². The zero-order chi connectivity index (χ0) is 14.8. The number of rotatable bonds is 4. The molecule has 4 heteroatoms. The van der Waals surface area contributed by atoms with Gasteiger partial charge >= 0.3 is 0 Å². The summed E-state index contributed by atoms with van der Waals surface area (Å²) in [5, 5.41) is 0. The highest BCUT2D eigenvalue weighted by atomic mass is 79.9. The van der Waals surface area contributed by atoms with Crippen molar-refractivity contribution in [2.75, 3.05) is 20.1 Å². The molecular weight excluding hydrogens is 328 g/mol. The van der Waals surface area contributed by atoms with Crippen LogP contribution in [0.2, 0.25) is 0 Å². The molecule has 0 bridgehead atoms. The summed E-state index contributed by atoms with van der Waals surface area (Å²) >= 11 is 3.48. The Morgan fingerprint density at radius 1 is 1.29 bits per heavy atom. The van der Waals surface area contributed by atoms with E-state index in [1.54, 1.807) is 0 Å². The maximum atomic E-state index is 12.2. The maximum Gasteiger partial charge on any atom is 0.225 e. The predicted molar refractivity (Wildman–Crippen MR) is 87.9 cm³/mol. The first kappa shape index (κ1) is 15.0. The standard InChI is InChI=1S/C17H23BrN2O/c1-19(17(21)14-6-7-14)16-3-2-10-20(12-16)11-13-4-8-15(18)9-5-13/h4-5,8-9,14,16H,2-3,6-7,10-12H2,1H3. The second kappa shape index (κ2) is 6.49. The SMILES string of the molecule is CN(C(=O)C1CC1)C1CCCN(Cc2ccc(Br)cc2)C1. The molecule has 2 aliphatic rings. The minimum absolute atomic E-state index is 0.330. The third-order valence-corrected chi connectivity index (χ3v) is 5.15. The lowest BCUT2D eigenvalue weighted by atomic mass is 10.0. The van der Waals surface area contributed by atoms with Gasteiger partial charge in [-0.2, -0.15) is 0 Å². The number of hydrogen-bond acceptors (Lipinski definition) is 2. The molecule has 1 atom stereocenters. The number of hydrogen-bond donors (Lipinski definition) is 0. The van der Waals surface area contributed by atoms with E-state index < -0.39 is 0 Å². The molecular formula is C17H23BrN2O. The van der Waals surface area contributed by atoms with E-state index in [0.29, 0.717) is 17.9 Å². The number of likely N-dealkylation sites (N-methyl/N-ethyl adjacent to an activating group) is 1. The third kappa shape index (κ3) is 3.86. The Morgan fingerprint density at radius 3 is 2.67 bits per heavy atom. The van der Waals surface area contributed by atoms with E-state index in [-0.39, 0.29) is 0 Å². The van der Waals surface area contributed by atoms with Crippen LogP contribution in [0.25, 0.3) is 0 Å². The van der Waals surface area contributed by atoms with E-state index in [0.717, 1.165) is 43.4 Å². The molecule has 0 radical (unpaired) electrons. The summed E-state index contributed by atoms with van der Waals surface area (Å²) in [6, 6.07) is 8.93. The first-order valence-electron chi connectivity index (χ1n) is 7.87. The van der Waals surface area contributed by atoms with E-state index in [1.165, 1.54) is 12.0 Å². The van der Waals surface area contributed by atoms with Crippen LogP contribution in [-0.4, -0.2) is 41.9 Å². The Balaban J connectivity index is 1.57. The van der Waals surface area contributed by atoms with Crippen LogP contribution in [0.15, 0.2) is 28.7 Å². The van der Waals surface area contributed by atoms with E-state index in [1.807, 2.05) is 11.9 Å². The second-order valence-electron chi connectivity index (χ2n) is 6.38. The van der Waals surface area contributed by atoms with Crippen LogP contribution in [0, 0.1) is 5.92 Å². The summed E-state index contributed by atoms with van der Waals surface area (Å²) in [5.41, 5.74) is 1.34. The van der Waals surface area contributed by atoms with Crippen molar-refractivity contribution in [2.45, 2.75) is 38.3 Å². The molecule has 1 aromatic rings. The van der Waals surface area contributed by atoms with Gasteiger partial charge in [0.25, 0.3) is 0 Å². The van der Waals surface area contributed by atoms with Crippen LogP contribution in [0.4, 0.5) is 0 Å². The van der Waals surface area contributed by atoms with E-state index in [9.17, 15) is 4.79 Å². The summed E-state index contributed by atoms with van der Waals surface area (Å²) < 4.78 is 1.12. The van der Waals surface area contributed by atoms with Gasteiger partial charge in [0.1, 0.15) is 0 Å². The van der Waals surface area contributed by atoms with Gasteiger partial charge in [0.2, 0.25) is 5.91 Å². The number of nitrogens with zero attached hydrogens (tertiary/aromatic N) is 2. The summed E-state index contributed by atoms with van der Waals surface area (Å²) in [6.45, 7) is 3.12. The Hall–Kier alpha value is -0.870. The third-order valence-electron chi connectivity index (χ3n) is 4.62. The van der Waals surface area contributed by atoms with Gasteiger partial charge in [-0.3, -0.25) is 9.69 Å². The molecule has 0 aromatic heterocycles. The number of carbonyl (C=O) groups excluding carboxylic acids is 1. The molecule has 3 rings (SSSR count). The highest BCUT2D eigenvalue weighted by molar-refractivity contribution is 9.10. The topological polar surface area (TPSA) is 23.6 Å². The lowest BCUT2D eigenvalue weighted by Gasteiger charge is -2.37. The van der Waals surface area contributed by atoms with Crippen LogP contribution >= 0.6 is 15.9 Å². The van der Waals surface area contributed by atoms with E-state index >= 15 is 0 Å². The van der Waals surface area contributed by atoms with Crippen molar-refractivity contribution >= 4 is 21.8 Å². The first-order valence-corrected chi connectivity index (χ1v) is 8.66. The molecule has 21 heavy (non-hydrogen) atoms. The molecule has 2 fully saturated rings. The number of benzene rings is 1. The molecule has 1 saturated heterocycles. The smallest absolute Gasteiger partial charge is 0.225 e. The van der Waals surface area contributed by atoms with Crippen LogP contribution in [0.5, 0.6) is 0 Å². The molecule has 1 amide bonds. The van der Waals surface area contributed by atoms with Gasteiger partial charge in [-0.15, -0.1) is 0 Å². The number of amides is 1. The van der Waals surface area contributed by atoms with Gasteiger partial charge < -0.3 is 4.90 Å². The second-order valence-corrected chi connectivity index (χ2v) is 7.30. The zero-order valence-electron chi connectivity index (χ0n) is 12.6. The minimum atomic E-state index is 0.330. The summed E-state index contributed by atoms with van der Waals surface area (Å²) in [5.74, 6) is 0.697. The van der Waals surface area contributed by atoms with Crippen molar-refractivity contribution in [3.8, 4) is 0 Å². The highest BCUT2D eigenvalue weighted by Crippen LogP contribution is 2.32. The van der Waals surface area contributed by atoms with Crippen LogP contribution < -0.4 is 0 Å². The van der Waals surface area contributed by atoms with Gasteiger partial charge in [-0.1, -0.05) is 28.1 Å². The molecule has 1 aliphatic carbocycles. The molecule has 1 aromatic carbocycles. The van der Waals surface area contributed by atoms with Gasteiger partial charge in [-0.25, -0.2) is 0 Å². The Labute approximate surface area is 135 Å². The summed E-state index contributed by atoms with van der Waals surface area (Å²) in [6.07, 6.45) is 4.52. The predicted octanol–water partition coefficient (Wildman–Crippen LogP) is 3.28. The van der Waals surface area contributed by atoms with Crippen molar-refractivity contribution in [2.24, 2.45) is 5.92 Å². The normalized spacial score (nSPS) is 23.0. The number of likely N-dealkylation sites (tertiary alicyclic amines) is 1. The monoisotopic (exact) mass is 350 g/mol. The molecule has 0 N–H and O–H groups in total. The lowest BCUT2D eigenvalue weighted by molar-refractivity contribution is -0.134. The number of piperidine rings is 1. The zero-order valence-corrected chi connectivity index (χ0v) is 14.2. The molecule has 1 aliphatic heterocycles. The maximum absolute atomic E-state index is 12.2.